The van der Waals surface area contributed by atoms with Gasteiger partial charge in [0.2, 0.25) is 0 Å². The number of ketones is 1. The molecular formula is C41H61NO6S. The first-order valence-electron chi connectivity index (χ1n) is 18.3. The summed E-state index contributed by atoms with van der Waals surface area (Å²) in [6.07, 6.45) is 8.53. The summed E-state index contributed by atoms with van der Waals surface area (Å²) < 4.78 is 25.7. The number of allylic oxidation sites excluding steroid dienone is 1. The second-order valence-corrected chi connectivity index (χ2v) is 16.2. The highest BCUT2D eigenvalue weighted by Gasteiger charge is 2.51. The first-order chi connectivity index (χ1) is 23.3. The number of Topliss-reactive ketones (excluding diaryl/α,β-unsaturated/α-hetero) is 1. The van der Waals surface area contributed by atoms with Gasteiger partial charge in [0.25, 0.3) is 0 Å². The van der Waals surface area contributed by atoms with Crippen LogP contribution in [0.4, 0.5) is 0 Å². The SMILES string of the molecule is C=C(C)[C@@H](O)CC=C(C)CCC[C@H](C)[C@@H](OC1CCCCO1)C(Cc1ccccc1)C(=O)C(C)(Cc1csc(C)n1)[C@@H]1CCOC(C)(C)O1. The van der Waals surface area contributed by atoms with Gasteiger partial charge >= 0.3 is 0 Å². The van der Waals surface area contributed by atoms with Gasteiger partial charge in [0.1, 0.15) is 5.78 Å². The predicted octanol–water partition coefficient (Wildman–Crippen LogP) is 8.96. The molecule has 7 atom stereocenters. The number of benzene rings is 1. The molecule has 0 radical (unpaired) electrons. The maximum atomic E-state index is 15.6. The van der Waals surface area contributed by atoms with Gasteiger partial charge in [-0.25, -0.2) is 4.98 Å². The zero-order chi connectivity index (χ0) is 35.6. The Labute approximate surface area is 299 Å². The number of hydrogen-bond acceptors (Lipinski definition) is 8. The van der Waals surface area contributed by atoms with Gasteiger partial charge in [-0.15, -0.1) is 11.3 Å². The summed E-state index contributed by atoms with van der Waals surface area (Å²) in [7, 11) is 0. The Balaban J connectivity index is 1.68. The number of rotatable bonds is 18. The van der Waals surface area contributed by atoms with Crippen LogP contribution in [0.3, 0.4) is 0 Å². The van der Waals surface area contributed by atoms with Gasteiger partial charge < -0.3 is 24.1 Å². The number of aliphatic hydroxyl groups is 1. The first-order valence-corrected chi connectivity index (χ1v) is 19.2. The lowest BCUT2D eigenvalue weighted by Crippen LogP contribution is -2.55. The van der Waals surface area contributed by atoms with Crippen LogP contribution >= 0.6 is 11.3 Å². The van der Waals surface area contributed by atoms with Crippen LogP contribution in [-0.2, 0) is 36.6 Å². The molecule has 4 rings (SSSR count). The number of ether oxygens (including phenoxy) is 4. The lowest BCUT2D eigenvalue weighted by molar-refractivity contribution is -0.291. The minimum absolute atomic E-state index is 0.0924. The average molecular weight is 696 g/mol. The van der Waals surface area contributed by atoms with Crippen molar-refractivity contribution >= 4 is 17.1 Å². The van der Waals surface area contributed by atoms with Crippen LogP contribution in [0.5, 0.6) is 0 Å². The van der Waals surface area contributed by atoms with Gasteiger partial charge in [-0.05, 0) is 111 Å². The molecule has 3 unspecified atom stereocenters. The molecule has 2 aliphatic heterocycles. The van der Waals surface area contributed by atoms with E-state index in [-0.39, 0.29) is 30.2 Å². The lowest BCUT2D eigenvalue weighted by atomic mass is 9.67. The smallest absolute Gasteiger partial charge is 0.163 e. The second kappa shape index (κ2) is 18.3. The molecule has 0 bridgehead atoms. The molecule has 2 aliphatic rings. The minimum atomic E-state index is -0.862. The molecule has 2 fully saturated rings. The molecule has 0 saturated carbocycles. The number of aryl methyl sites for hydroxylation is 1. The Kier molecular flexibility index (Phi) is 14.8. The molecule has 8 heteroatoms. The minimum Gasteiger partial charge on any atom is -0.388 e. The Morgan fingerprint density at radius 2 is 1.96 bits per heavy atom. The molecule has 0 amide bonds. The van der Waals surface area contributed by atoms with Gasteiger partial charge in [-0.2, -0.15) is 0 Å². The molecule has 2 aromatic rings. The molecular weight excluding hydrogens is 635 g/mol. The molecule has 1 aromatic carbocycles. The van der Waals surface area contributed by atoms with E-state index in [2.05, 4.69) is 50.9 Å². The number of nitrogens with zero attached hydrogens (tertiary/aromatic N) is 1. The predicted molar refractivity (Wildman–Crippen MR) is 197 cm³/mol. The quantitative estimate of drug-likeness (QED) is 0.156. The van der Waals surface area contributed by atoms with Crippen molar-refractivity contribution in [2.24, 2.45) is 17.3 Å². The van der Waals surface area contributed by atoms with E-state index in [1.54, 1.807) is 11.3 Å². The number of carbonyl (C=O) groups excluding carboxylic acids is 1. The van der Waals surface area contributed by atoms with Crippen molar-refractivity contribution in [2.45, 2.75) is 143 Å². The first kappa shape index (κ1) is 39.6. The number of carbonyl (C=O) groups is 1. The average Bonchev–Trinajstić information content (AvgIpc) is 3.48. The molecule has 49 heavy (non-hydrogen) atoms. The van der Waals surface area contributed by atoms with E-state index in [1.165, 1.54) is 5.57 Å². The van der Waals surface area contributed by atoms with Crippen LogP contribution in [0.25, 0.3) is 0 Å². The Morgan fingerprint density at radius 1 is 1.20 bits per heavy atom. The van der Waals surface area contributed by atoms with Crippen molar-refractivity contribution in [2.75, 3.05) is 13.2 Å². The van der Waals surface area contributed by atoms with Crippen molar-refractivity contribution in [3.8, 4) is 0 Å². The van der Waals surface area contributed by atoms with E-state index in [4.69, 9.17) is 23.9 Å². The summed E-state index contributed by atoms with van der Waals surface area (Å²) in [5.74, 6) is -0.968. The topological polar surface area (TPSA) is 87.1 Å². The van der Waals surface area contributed by atoms with Crippen LogP contribution in [0, 0.1) is 24.2 Å². The lowest BCUT2D eigenvalue weighted by Gasteiger charge is -2.46. The molecule has 272 valence electrons. The van der Waals surface area contributed by atoms with Gasteiger partial charge in [0.15, 0.2) is 12.1 Å². The number of aromatic nitrogens is 1. The van der Waals surface area contributed by atoms with Crippen LogP contribution in [0.15, 0.2) is 59.5 Å². The summed E-state index contributed by atoms with van der Waals surface area (Å²) in [5, 5.41) is 13.3. The number of aliphatic hydroxyl groups excluding tert-OH is 1. The van der Waals surface area contributed by atoms with Crippen LogP contribution in [0.1, 0.15) is 109 Å². The van der Waals surface area contributed by atoms with Crippen molar-refractivity contribution in [1.82, 2.24) is 4.98 Å². The third kappa shape index (κ3) is 11.7. The standard InChI is InChI=1S/C41H61NO6S/c1-28(2)35(43)21-20-29(3)15-14-16-30(4)38(47-37-19-12-13-23-45-37)34(25-32-17-10-9-11-18-32)39(44)41(8,26-33-27-49-31(5)42-33)36-22-24-46-40(6,7)48-36/h9-11,17-18,20,27,30,34-38,43H,1,12-16,19,21-26H2,2-8H3/t30-,34?,35-,36-,37?,38+,41?/m0/s1. The fraction of sp³-hybridized carbons (Fsp3) is 0.659. The van der Waals surface area contributed by atoms with Crippen molar-refractivity contribution in [3.05, 3.63) is 75.8 Å². The molecule has 1 aromatic heterocycles. The summed E-state index contributed by atoms with van der Waals surface area (Å²) >= 11 is 1.61. The maximum Gasteiger partial charge on any atom is 0.163 e. The molecule has 0 aliphatic carbocycles. The number of hydrogen-bond donors (Lipinski definition) is 1. The third-order valence-corrected chi connectivity index (χ3v) is 11.1. The zero-order valence-electron chi connectivity index (χ0n) is 31.0. The zero-order valence-corrected chi connectivity index (χ0v) is 31.9. The largest absolute Gasteiger partial charge is 0.388 e. The summed E-state index contributed by atoms with van der Waals surface area (Å²) in [6, 6.07) is 10.3. The van der Waals surface area contributed by atoms with Gasteiger partial charge in [0.05, 0.1) is 41.0 Å². The van der Waals surface area contributed by atoms with E-state index in [0.717, 1.165) is 60.4 Å². The number of thiazole rings is 1. The normalized spacial score (nSPS) is 23.6. The van der Waals surface area contributed by atoms with E-state index in [1.807, 2.05) is 45.9 Å². The summed E-state index contributed by atoms with van der Waals surface area (Å²) in [6.45, 7) is 19.3. The molecule has 1 N–H and O–H groups in total. The fourth-order valence-corrected chi connectivity index (χ4v) is 7.89. The van der Waals surface area contributed by atoms with Crippen molar-refractivity contribution < 1.29 is 28.8 Å². The van der Waals surface area contributed by atoms with Crippen LogP contribution in [0.2, 0.25) is 0 Å². The molecule has 0 spiro atoms. The molecule has 2 saturated heterocycles. The fourth-order valence-electron chi connectivity index (χ4n) is 7.27. The van der Waals surface area contributed by atoms with Gasteiger partial charge in [-0.3, -0.25) is 4.79 Å². The Hall–Kier alpha value is -2.20. The van der Waals surface area contributed by atoms with Gasteiger partial charge in [-0.1, -0.05) is 61.1 Å². The van der Waals surface area contributed by atoms with E-state index in [0.29, 0.717) is 38.9 Å². The molecule has 7 nitrogen and oxygen atoms in total. The van der Waals surface area contributed by atoms with E-state index < -0.39 is 23.2 Å². The summed E-state index contributed by atoms with van der Waals surface area (Å²) in [5.41, 5.74) is 3.21. The summed E-state index contributed by atoms with van der Waals surface area (Å²) in [4.78, 5) is 20.4. The highest BCUT2D eigenvalue weighted by Crippen LogP contribution is 2.42. The second-order valence-electron chi connectivity index (χ2n) is 15.2. The van der Waals surface area contributed by atoms with E-state index in [9.17, 15) is 5.11 Å². The Bertz CT molecular complexity index is 1360. The Morgan fingerprint density at radius 3 is 2.59 bits per heavy atom. The highest BCUT2D eigenvalue weighted by molar-refractivity contribution is 7.09. The van der Waals surface area contributed by atoms with Crippen molar-refractivity contribution in [1.29, 1.82) is 0 Å². The molecule has 3 heterocycles. The highest BCUT2D eigenvalue weighted by atomic mass is 32.1. The van der Waals surface area contributed by atoms with Crippen LogP contribution in [-0.4, -0.2) is 59.5 Å². The third-order valence-electron chi connectivity index (χ3n) is 10.3. The van der Waals surface area contributed by atoms with Gasteiger partial charge in [0, 0.05) is 24.3 Å². The van der Waals surface area contributed by atoms with E-state index >= 15 is 4.79 Å². The van der Waals surface area contributed by atoms with Crippen molar-refractivity contribution in [3.63, 3.8) is 0 Å². The monoisotopic (exact) mass is 695 g/mol. The van der Waals surface area contributed by atoms with Crippen LogP contribution < -0.4 is 0 Å². The maximum absolute atomic E-state index is 15.6.